The van der Waals surface area contributed by atoms with E-state index < -0.39 is 5.97 Å². The van der Waals surface area contributed by atoms with Crippen LogP contribution in [-0.4, -0.2) is 65.5 Å². The van der Waals surface area contributed by atoms with E-state index in [1.165, 1.54) is 0 Å². The Morgan fingerprint density at radius 2 is 1.81 bits per heavy atom. The molecular formula is C20H28N2O5. The second-order valence-electron chi connectivity index (χ2n) is 6.63. The Bertz CT molecular complexity index is 627. The van der Waals surface area contributed by atoms with Crippen molar-refractivity contribution in [3.05, 3.63) is 30.3 Å². The molecule has 0 aliphatic carbocycles. The molecule has 0 unspecified atom stereocenters. The molecule has 1 aromatic rings. The first-order valence-corrected chi connectivity index (χ1v) is 9.47. The summed E-state index contributed by atoms with van der Waals surface area (Å²) >= 11 is 0. The third-order valence-electron chi connectivity index (χ3n) is 4.81. The van der Waals surface area contributed by atoms with Crippen molar-refractivity contribution in [1.29, 1.82) is 0 Å². The van der Waals surface area contributed by atoms with Gasteiger partial charge in [-0.1, -0.05) is 18.2 Å². The molecule has 1 saturated heterocycles. The summed E-state index contributed by atoms with van der Waals surface area (Å²) in [6.07, 6.45) is 1.51. The third-order valence-corrected chi connectivity index (χ3v) is 4.81. The minimum absolute atomic E-state index is 0.00161. The van der Waals surface area contributed by atoms with E-state index in [0.717, 1.165) is 5.75 Å². The zero-order chi connectivity index (χ0) is 19.6. The molecule has 1 aromatic carbocycles. The number of hydrogen-bond acceptors (Lipinski definition) is 4. The molecular weight excluding hydrogens is 348 g/mol. The van der Waals surface area contributed by atoms with Crippen molar-refractivity contribution in [2.75, 3.05) is 32.8 Å². The van der Waals surface area contributed by atoms with Crippen LogP contribution in [0.2, 0.25) is 0 Å². The second kappa shape index (κ2) is 10.5. The number of para-hydroxylation sites is 1. The summed E-state index contributed by atoms with van der Waals surface area (Å²) in [6.45, 7) is 4.03. The topological polar surface area (TPSA) is 87.2 Å². The molecule has 1 N–H and O–H groups in total. The highest BCUT2D eigenvalue weighted by Gasteiger charge is 2.29. The van der Waals surface area contributed by atoms with E-state index in [1.807, 2.05) is 37.3 Å². The summed E-state index contributed by atoms with van der Waals surface area (Å²) in [5, 5.41) is 8.80. The molecule has 1 fully saturated rings. The maximum absolute atomic E-state index is 12.6. The Labute approximate surface area is 159 Å². The van der Waals surface area contributed by atoms with E-state index in [4.69, 9.17) is 9.84 Å². The number of nitrogens with zero attached hydrogens (tertiary/aromatic N) is 2. The molecule has 0 atom stereocenters. The number of amides is 2. The van der Waals surface area contributed by atoms with Crippen LogP contribution in [0, 0.1) is 5.92 Å². The highest BCUT2D eigenvalue weighted by molar-refractivity contribution is 5.80. The standard InChI is InChI=1S/C20H28N2O5/c1-2-21(14-10-19(24)25)20(26)16-8-12-22(13-9-16)18(23)11-15-27-17-6-4-3-5-7-17/h3-7,16H,2,8-15H2,1H3,(H,24,25). The first-order valence-electron chi connectivity index (χ1n) is 9.47. The van der Waals surface area contributed by atoms with Crippen LogP contribution in [0.4, 0.5) is 0 Å². The summed E-state index contributed by atoms with van der Waals surface area (Å²) in [4.78, 5) is 39.0. The van der Waals surface area contributed by atoms with Gasteiger partial charge in [0.05, 0.1) is 19.4 Å². The fourth-order valence-corrected chi connectivity index (χ4v) is 3.22. The van der Waals surface area contributed by atoms with Crippen LogP contribution >= 0.6 is 0 Å². The number of carboxylic acid groups (broad SMARTS) is 1. The minimum atomic E-state index is -0.903. The first-order chi connectivity index (χ1) is 13.0. The van der Waals surface area contributed by atoms with E-state index in [1.54, 1.807) is 9.80 Å². The zero-order valence-corrected chi connectivity index (χ0v) is 15.8. The van der Waals surface area contributed by atoms with Crippen LogP contribution in [0.25, 0.3) is 0 Å². The van der Waals surface area contributed by atoms with Crippen LogP contribution in [0.15, 0.2) is 30.3 Å². The molecule has 27 heavy (non-hydrogen) atoms. The van der Waals surface area contributed by atoms with Gasteiger partial charge in [-0.2, -0.15) is 0 Å². The van der Waals surface area contributed by atoms with E-state index in [2.05, 4.69) is 0 Å². The summed E-state index contributed by atoms with van der Waals surface area (Å²) in [7, 11) is 0. The smallest absolute Gasteiger partial charge is 0.305 e. The third kappa shape index (κ3) is 6.58. The summed E-state index contributed by atoms with van der Waals surface area (Å²) in [5.74, 6) is -0.258. The van der Waals surface area contributed by atoms with Crippen LogP contribution in [0.3, 0.4) is 0 Å². The molecule has 0 bridgehead atoms. The highest BCUT2D eigenvalue weighted by atomic mass is 16.5. The van der Waals surface area contributed by atoms with Crippen molar-refractivity contribution in [3.8, 4) is 5.75 Å². The molecule has 0 radical (unpaired) electrons. The number of carbonyl (C=O) groups excluding carboxylic acids is 2. The van der Waals surface area contributed by atoms with Crippen LogP contribution < -0.4 is 4.74 Å². The number of rotatable bonds is 9. The summed E-state index contributed by atoms with van der Waals surface area (Å²) in [5.41, 5.74) is 0. The average molecular weight is 376 g/mol. The summed E-state index contributed by atoms with van der Waals surface area (Å²) in [6, 6.07) is 9.38. The minimum Gasteiger partial charge on any atom is -0.493 e. The summed E-state index contributed by atoms with van der Waals surface area (Å²) < 4.78 is 5.56. The number of carbonyl (C=O) groups is 3. The number of benzene rings is 1. The molecule has 1 heterocycles. The molecule has 2 amide bonds. The lowest BCUT2D eigenvalue weighted by Gasteiger charge is -2.34. The monoisotopic (exact) mass is 376 g/mol. The molecule has 0 saturated carbocycles. The predicted octanol–water partition coefficient (Wildman–Crippen LogP) is 2.02. The fourth-order valence-electron chi connectivity index (χ4n) is 3.22. The molecule has 0 aromatic heterocycles. The van der Waals surface area contributed by atoms with Gasteiger partial charge in [0.15, 0.2) is 0 Å². The van der Waals surface area contributed by atoms with E-state index in [-0.39, 0.29) is 30.7 Å². The highest BCUT2D eigenvalue weighted by Crippen LogP contribution is 2.20. The molecule has 1 aliphatic rings. The van der Waals surface area contributed by atoms with Gasteiger partial charge < -0.3 is 19.6 Å². The van der Waals surface area contributed by atoms with Gasteiger partial charge in [-0.15, -0.1) is 0 Å². The van der Waals surface area contributed by atoms with Gasteiger partial charge in [-0.25, -0.2) is 0 Å². The molecule has 0 spiro atoms. The lowest BCUT2D eigenvalue weighted by molar-refractivity contribution is -0.142. The number of aliphatic carboxylic acids is 1. The number of ether oxygens (including phenoxy) is 1. The Hall–Kier alpha value is -2.57. The fraction of sp³-hybridized carbons (Fsp3) is 0.550. The SMILES string of the molecule is CCN(CCC(=O)O)C(=O)C1CCN(C(=O)CCOc2ccccc2)CC1. The molecule has 7 nitrogen and oxygen atoms in total. The van der Waals surface area contributed by atoms with Gasteiger partial charge in [0.1, 0.15) is 5.75 Å². The van der Waals surface area contributed by atoms with E-state index in [9.17, 15) is 14.4 Å². The zero-order valence-electron chi connectivity index (χ0n) is 15.8. The maximum atomic E-state index is 12.6. The normalized spacial score (nSPS) is 14.6. The second-order valence-corrected chi connectivity index (χ2v) is 6.63. The van der Waals surface area contributed by atoms with E-state index >= 15 is 0 Å². The predicted molar refractivity (Wildman–Crippen MR) is 100 cm³/mol. The number of hydrogen-bond donors (Lipinski definition) is 1. The average Bonchev–Trinajstić information content (AvgIpc) is 2.69. The van der Waals surface area contributed by atoms with Crippen LogP contribution in [-0.2, 0) is 14.4 Å². The van der Waals surface area contributed by atoms with Crippen molar-refractivity contribution in [1.82, 2.24) is 9.80 Å². The van der Waals surface area contributed by atoms with Crippen molar-refractivity contribution >= 4 is 17.8 Å². The largest absolute Gasteiger partial charge is 0.493 e. The van der Waals surface area contributed by atoms with Crippen molar-refractivity contribution < 1.29 is 24.2 Å². The Morgan fingerprint density at radius 1 is 1.15 bits per heavy atom. The lowest BCUT2D eigenvalue weighted by Crippen LogP contribution is -2.45. The molecule has 2 rings (SSSR count). The van der Waals surface area contributed by atoms with Crippen LogP contribution in [0.5, 0.6) is 5.75 Å². The van der Waals surface area contributed by atoms with Gasteiger partial charge in [0.25, 0.3) is 0 Å². The van der Waals surface area contributed by atoms with Gasteiger partial charge in [-0.3, -0.25) is 14.4 Å². The Balaban J connectivity index is 1.72. The number of likely N-dealkylation sites (tertiary alicyclic amines) is 1. The van der Waals surface area contributed by atoms with E-state index in [0.29, 0.717) is 45.5 Å². The van der Waals surface area contributed by atoms with Gasteiger partial charge >= 0.3 is 5.97 Å². The van der Waals surface area contributed by atoms with Crippen molar-refractivity contribution in [2.45, 2.75) is 32.6 Å². The first kappa shape index (κ1) is 20.7. The Morgan fingerprint density at radius 3 is 2.41 bits per heavy atom. The Kier molecular flexibility index (Phi) is 8.10. The number of piperidine rings is 1. The van der Waals surface area contributed by atoms with Crippen LogP contribution in [0.1, 0.15) is 32.6 Å². The number of carboxylic acids is 1. The molecule has 1 aliphatic heterocycles. The van der Waals surface area contributed by atoms with Gasteiger partial charge in [0.2, 0.25) is 11.8 Å². The van der Waals surface area contributed by atoms with Crippen molar-refractivity contribution in [3.63, 3.8) is 0 Å². The lowest BCUT2D eigenvalue weighted by atomic mass is 9.95. The van der Waals surface area contributed by atoms with Crippen molar-refractivity contribution in [2.24, 2.45) is 5.92 Å². The molecule has 7 heteroatoms. The van der Waals surface area contributed by atoms with Gasteiger partial charge in [-0.05, 0) is 31.9 Å². The quantitative estimate of drug-likeness (QED) is 0.712. The maximum Gasteiger partial charge on any atom is 0.305 e. The van der Waals surface area contributed by atoms with Gasteiger partial charge in [0, 0.05) is 32.1 Å². The molecule has 148 valence electrons.